The Morgan fingerprint density at radius 1 is 0.274 bits per heavy atom. The van der Waals surface area contributed by atoms with Crippen LogP contribution in [-0.4, -0.2) is 67.5 Å². The van der Waals surface area contributed by atoms with Crippen LogP contribution in [0, 0.1) is 24.3 Å². The van der Waals surface area contributed by atoms with E-state index in [0.717, 1.165) is 94.6 Å². The number of hydrogen-bond donors (Lipinski definition) is 0. The number of furan rings is 1. The molecule has 0 radical (unpaired) electrons. The van der Waals surface area contributed by atoms with E-state index in [2.05, 4.69) is 261 Å². The number of sulfone groups is 1. The van der Waals surface area contributed by atoms with Gasteiger partial charge < -0.3 is 23.4 Å². The number of para-hydroxylation sites is 1. The Balaban J connectivity index is 0.000000117. The molecule has 146 heavy (non-hydrogen) atoms. The van der Waals surface area contributed by atoms with Gasteiger partial charge in [0.25, 0.3) is 0 Å². The van der Waals surface area contributed by atoms with Crippen LogP contribution in [0.5, 0.6) is 46.5 Å². The van der Waals surface area contributed by atoms with Gasteiger partial charge in [0.15, 0.2) is 0 Å². The Morgan fingerprint density at radius 2 is 0.603 bits per heavy atom. The Hall–Kier alpha value is -14.4. The normalized spacial score (nSPS) is 11.9. The fraction of sp³-hybridized carbons (Fsp3) is 0.00855. The first-order chi connectivity index (χ1) is 72.1. The Kier molecular flexibility index (Phi) is 30.8. The number of ether oxygens (including phenoxy) is 4. The maximum absolute atomic E-state index is 13.0. The minimum atomic E-state index is -3.53. The van der Waals surface area contributed by atoms with Crippen LogP contribution in [0.25, 0.3) is 143 Å². The molecule has 0 fully saturated rings. The standard InChI is InChI=1S/C39H24N3O.C26H16N3O3S.C26H16N3O2.C26H16N3OS.4ClH.4Pt/c1-4-15-34-30(12-1)31-13-2-5-16-35(31)39(34)36-17-6-3-14-32(36)33-20-19-26(22-37(33)39)27-24-41-42(25-27)28-10-9-11-29(23-28)43-38-18-7-8-21-40-38;30-33(31)24-9-2-1-8-22(24)23-12-11-18(14-25(23)33)19-16-28-29(17-19)20-6-5-7-21(15-20)32-26-10-3-4-13-27-26;2*1-2-9-24-22(8-1)23-12-11-18(14-25(23)31-24)19-16-28-29(17-19)20-6-5-7-21(15-20)30-26-10-3-4-13-27-26;;;;;;;;/h1-22,24-25H;1-14,16-17H;2*1-14,16-17H;4*1H;;;;/q4*-1;;;;;4*+2/p-4. The molecule has 1 spiro atoms. The van der Waals surface area contributed by atoms with E-state index in [-0.39, 0.29) is 5.41 Å². The van der Waals surface area contributed by atoms with Crippen molar-refractivity contribution < 1.29 is 107 Å². The van der Waals surface area contributed by atoms with Crippen LogP contribution in [0.15, 0.2) is 453 Å². The topological polar surface area (TPSA) is 207 Å². The van der Waals surface area contributed by atoms with Crippen LogP contribution in [0.2, 0.25) is 0 Å². The molecule has 3 aliphatic rings. The van der Waals surface area contributed by atoms with E-state index in [0.29, 0.717) is 62.0 Å². The van der Waals surface area contributed by atoms with Gasteiger partial charge in [-0.1, -0.05) is 194 Å². The second-order valence-electron chi connectivity index (χ2n) is 32.9. The minimum absolute atomic E-state index is 0.325. The number of nitrogens with zero attached hydrogens (tertiary/aromatic N) is 12. The molecule has 0 unspecified atom stereocenters. The summed E-state index contributed by atoms with van der Waals surface area (Å²) >= 11 is 8.27. The first-order valence-electron chi connectivity index (χ1n) is 45.0. The van der Waals surface area contributed by atoms with Gasteiger partial charge in [-0.25, -0.2) is 28.4 Å². The molecule has 0 amide bonds. The molecule has 0 saturated carbocycles. The third-order valence-electron chi connectivity index (χ3n) is 24.6. The molecule has 0 N–H and O–H groups in total. The molecule has 722 valence electrons. The molecule has 0 atom stereocenters. The van der Waals surface area contributed by atoms with Gasteiger partial charge in [0.1, 0.15) is 11.2 Å². The average molecular weight is 2740 g/mol. The van der Waals surface area contributed by atoms with Crippen LogP contribution in [0.1, 0.15) is 22.3 Å². The van der Waals surface area contributed by atoms with Crippen molar-refractivity contribution in [1.29, 1.82) is 0 Å². The van der Waals surface area contributed by atoms with Gasteiger partial charge in [-0.15, -0.1) is 84.1 Å². The molecule has 1 aliphatic heterocycles. The van der Waals surface area contributed by atoms with Crippen molar-refractivity contribution >= 4 is 101 Å². The zero-order valence-corrected chi connectivity index (χ0v) is 89.6. The minimum Gasteiger partial charge on any atom is -0.466 e. The van der Waals surface area contributed by atoms with Crippen molar-refractivity contribution in [3.8, 4) is 147 Å². The number of aromatic nitrogens is 12. The van der Waals surface area contributed by atoms with Crippen LogP contribution in [-0.2, 0) is 90.3 Å². The number of benzene rings is 14. The molecule has 19 nitrogen and oxygen atoms in total. The SMILES string of the molecule is O=S1(=O)c2ccccc2-c2ccc(-c3cnn(-c4[c-]c(Oc5ccccn5)ccc4)c3)cc21.[Cl][Pt+].[Cl][Pt+].[Cl][Pt+].[Cl][Pt+].[c-]1c(Oc2ccccn2)cccc1-n1cc(-c2ccc3c(c2)C2(c4ccccc4-c4ccccc42)c2ccccc2-3)cn1.[c-]1c(Oc2ccccn2)cccc1-n1cc(-c2ccc3c(c2)oc2ccccc23)cn1.[c-]1c(Oc2ccccn2)cccc1-n1cc(-c2ccc3c(c2)sc2ccccc23)cn1. The summed E-state index contributed by atoms with van der Waals surface area (Å²) in [5, 5.41) is 23.1. The Bertz CT molecular complexity index is 8620. The summed E-state index contributed by atoms with van der Waals surface area (Å²) in [6.07, 6.45) is 22.0. The zero-order valence-electron chi connectivity index (χ0n) is 75.9. The molecule has 0 bridgehead atoms. The van der Waals surface area contributed by atoms with Crippen molar-refractivity contribution in [2.45, 2.75) is 15.2 Å². The van der Waals surface area contributed by atoms with Gasteiger partial charge in [0, 0.05) is 161 Å². The summed E-state index contributed by atoms with van der Waals surface area (Å²) in [4.78, 5) is 17.5. The van der Waals surface area contributed by atoms with Crippen molar-refractivity contribution in [3.05, 3.63) is 485 Å². The molecule has 27 rings (SSSR count). The molecule has 10 aromatic heterocycles. The van der Waals surface area contributed by atoms with E-state index in [1.54, 1.807) is 152 Å². The predicted molar refractivity (Wildman–Crippen MR) is 559 cm³/mol. The summed E-state index contributed by atoms with van der Waals surface area (Å²) in [5.41, 5.74) is 24.5. The molecule has 0 saturated heterocycles. The van der Waals surface area contributed by atoms with E-state index < -0.39 is 9.84 Å². The molecular weight excluding hydrogens is 2670 g/mol. The maximum atomic E-state index is 13.0. The van der Waals surface area contributed by atoms with Gasteiger partial charge >= 0.3 is 113 Å². The van der Waals surface area contributed by atoms with E-state index in [9.17, 15) is 8.42 Å². The number of fused-ring (bicyclic) bond motifs is 19. The second kappa shape index (κ2) is 45.5. The third kappa shape index (κ3) is 20.5. The quantitative estimate of drug-likeness (QED) is 0.0825. The van der Waals surface area contributed by atoms with Gasteiger partial charge in [-0.3, -0.25) is 18.7 Å². The van der Waals surface area contributed by atoms with E-state index in [1.807, 2.05) is 228 Å². The van der Waals surface area contributed by atoms with Crippen LogP contribution >= 0.6 is 49.0 Å². The average Bonchev–Trinajstić information content (AvgIpc) is 1.50. The predicted octanol–water partition coefficient (Wildman–Crippen LogP) is 30.3. The van der Waals surface area contributed by atoms with Crippen LogP contribution in [0.3, 0.4) is 0 Å². The van der Waals surface area contributed by atoms with Crippen LogP contribution in [0.4, 0.5) is 0 Å². The molecule has 24 aromatic rings. The molecular formula is C117H72Cl4N12O7Pt4S2. The summed E-state index contributed by atoms with van der Waals surface area (Å²) in [5.74, 6) is 4.35. The second-order valence-corrected chi connectivity index (χ2v) is 35.8. The Morgan fingerprint density at radius 3 is 1.04 bits per heavy atom. The Labute approximate surface area is 904 Å². The van der Waals surface area contributed by atoms with E-state index in [4.69, 9.17) is 28.5 Å². The smallest absolute Gasteiger partial charge is 0.216 e. The number of hydrogen-bond acceptors (Lipinski definition) is 16. The van der Waals surface area contributed by atoms with Crippen LogP contribution < -0.4 is 18.9 Å². The van der Waals surface area contributed by atoms with E-state index in [1.165, 1.54) is 64.7 Å². The summed E-state index contributed by atoms with van der Waals surface area (Å²) in [7, 11) is 14.9. The first kappa shape index (κ1) is 99.0. The number of pyridine rings is 4. The summed E-state index contributed by atoms with van der Waals surface area (Å²) in [6, 6.07) is 133. The van der Waals surface area contributed by atoms with Crippen molar-refractivity contribution in [2.24, 2.45) is 0 Å². The van der Waals surface area contributed by atoms with Gasteiger partial charge in [0.05, 0.1) is 40.0 Å². The number of rotatable bonds is 16. The summed E-state index contributed by atoms with van der Waals surface area (Å²) in [6.45, 7) is 0. The molecule has 2 aliphatic carbocycles. The fourth-order valence-corrected chi connectivity index (χ4v) is 21.1. The molecule has 14 aromatic carbocycles. The number of thiophene rings is 1. The molecule has 29 heteroatoms. The van der Waals surface area contributed by atoms with E-state index >= 15 is 0 Å². The van der Waals surface area contributed by atoms with Gasteiger partial charge in [-0.05, 0) is 162 Å². The number of halogens is 4. The third-order valence-corrected chi connectivity index (χ3v) is 27.5. The maximum Gasteiger partial charge on any atom is 0.216 e. The van der Waals surface area contributed by atoms with Crippen molar-refractivity contribution in [2.75, 3.05) is 0 Å². The van der Waals surface area contributed by atoms with Gasteiger partial charge in [-0.2, -0.15) is 44.7 Å². The molecule has 11 heterocycles. The van der Waals surface area contributed by atoms with Crippen molar-refractivity contribution in [1.82, 2.24) is 59.1 Å². The monoisotopic (exact) mass is 2740 g/mol. The van der Waals surface area contributed by atoms with Gasteiger partial charge in [0.2, 0.25) is 33.4 Å². The zero-order chi connectivity index (χ0) is 100. The first-order valence-corrected chi connectivity index (χ1v) is 58.5. The van der Waals surface area contributed by atoms with Crippen molar-refractivity contribution in [3.63, 3.8) is 0 Å². The fourth-order valence-electron chi connectivity index (χ4n) is 18.3. The largest absolute Gasteiger partial charge is 0.466 e. The summed E-state index contributed by atoms with van der Waals surface area (Å²) < 4.78 is 65.1.